The summed E-state index contributed by atoms with van der Waals surface area (Å²) in [4.78, 5) is 12.5. The van der Waals surface area contributed by atoms with Gasteiger partial charge in [0.05, 0.1) is 6.04 Å². The third-order valence-electron chi connectivity index (χ3n) is 3.64. The minimum absolute atomic E-state index is 0.00864. The van der Waals surface area contributed by atoms with E-state index in [0.717, 1.165) is 10.0 Å². The average molecular weight is 411 g/mol. The Labute approximate surface area is 161 Å². The summed E-state index contributed by atoms with van der Waals surface area (Å²) in [5.41, 5.74) is 1.62. The van der Waals surface area contributed by atoms with Gasteiger partial charge in [0, 0.05) is 10.0 Å². The standard InChI is InChI=1S/C21H19BrN2O2/c1-3-11-26-20-10-9-19(22)13-17(20)12-18(14-23)21(25)24-15(2)16-7-5-4-6-8-16/h3-10,12-13,15H,1,11H2,2H3,(H,24,25)/b18-12+/t15-/m0/s1. The van der Waals surface area contributed by atoms with Crippen molar-refractivity contribution >= 4 is 27.9 Å². The highest BCUT2D eigenvalue weighted by atomic mass is 79.9. The van der Waals surface area contributed by atoms with Crippen molar-refractivity contribution in [3.8, 4) is 11.8 Å². The van der Waals surface area contributed by atoms with Crippen LogP contribution in [0.5, 0.6) is 5.75 Å². The summed E-state index contributed by atoms with van der Waals surface area (Å²) in [6, 6.07) is 16.7. The minimum Gasteiger partial charge on any atom is -0.489 e. The van der Waals surface area contributed by atoms with Gasteiger partial charge in [-0.15, -0.1) is 0 Å². The van der Waals surface area contributed by atoms with Crippen molar-refractivity contribution in [3.05, 3.63) is 82.4 Å². The zero-order valence-electron chi connectivity index (χ0n) is 14.4. The lowest BCUT2D eigenvalue weighted by Crippen LogP contribution is -2.27. The summed E-state index contributed by atoms with van der Waals surface area (Å²) in [7, 11) is 0. The molecule has 0 aliphatic heterocycles. The number of benzene rings is 2. The first-order chi connectivity index (χ1) is 12.5. The van der Waals surface area contributed by atoms with Crippen LogP contribution < -0.4 is 10.1 Å². The number of nitrogens with zero attached hydrogens (tertiary/aromatic N) is 1. The van der Waals surface area contributed by atoms with Crippen molar-refractivity contribution in [2.75, 3.05) is 6.61 Å². The summed E-state index contributed by atoms with van der Waals surface area (Å²) in [6.45, 7) is 5.83. The lowest BCUT2D eigenvalue weighted by Gasteiger charge is -2.14. The van der Waals surface area contributed by atoms with Crippen molar-refractivity contribution in [2.24, 2.45) is 0 Å². The minimum atomic E-state index is -0.432. The molecule has 2 aromatic carbocycles. The molecule has 5 heteroatoms. The van der Waals surface area contributed by atoms with Crippen LogP contribution in [-0.2, 0) is 4.79 Å². The molecule has 1 amide bonds. The highest BCUT2D eigenvalue weighted by Crippen LogP contribution is 2.26. The van der Waals surface area contributed by atoms with Gasteiger partial charge in [-0.1, -0.05) is 58.9 Å². The van der Waals surface area contributed by atoms with Gasteiger partial charge in [-0.2, -0.15) is 5.26 Å². The predicted octanol–water partition coefficient (Wildman–Crippen LogP) is 4.80. The zero-order valence-corrected chi connectivity index (χ0v) is 16.0. The summed E-state index contributed by atoms with van der Waals surface area (Å²) >= 11 is 3.40. The van der Waals surface area contributed by atoms with Crippen LogP contribution >= 0.6 is 15.9 Å². The van der Waals surface area contributed by atoms with E-state index in [2.05, 4.69) is 27.8 Å². The molecule has 1 N–H and O–H groups in total. The van der Waals surface area contributed by atoms with Crippen LogP contribution in [0.3, 0.4) is 0 Å². The largest absolute Gasteiger partial charge is 0.489 e. The first-order valence-corrected chi connectivity index (χ1v) is 8.85. The van der Waals surface area contributed by atoms with E-state index in [9.17, 15) is 10.1 Å². The molecular weight excluding hydrogens is 392 g/mol. The topological polar surface area (TPSA) is 62.1 Å². The van der Waals surface area contributed by atoms with E-state index in [-0.39, 0.29) is 11.6 Å². The number of amides is 1. The van der Waals surface area contributed by atoms with Gasteiger partial charge in [-0.3, -0.25) is 4.79 Å². The van der Waals surface area contributed by atoms with E-state index in [1.807, 2.05) is 49.4 Å². The monoisotopic (exact) mass is 410 g/mol. The average Bonchev–Trinajstić information content (AvgIpc) is 2.65. The highest BCUT2D eigenvalue weighted by molar-refractivity contribution is 9.10. The second-order valence-corrected chi connectivity index (χ2v) is 6.47. The maximum atomic E-state index is 12.5. The van der Waals surface area contributed by atoms with Gasteiger partial charge in [0.25, 0.3) is 5.91 Å². The van der Waals surface area contributed by atoms with Crippen LogP contribution in [0.15, 0.2) is 71.2 Å². The smallest absolute Gasteiger partial charge is 0.262 e. The van der Waals surface area contributed by atoms with Crippen molar-refractivity contribution in [1.82, 2.24) is 5.32 Å². The Balaban J connectivity index is 2.24. The number of halogens is 1. The number of nitrogens with one attached hydrogen (secondary N) is 1. The quantitative estimate of drug-likeness (QED) is 0.405. The van der Waals surface area contributed by atoms with E-state index in [0.29, 0.717) is 17.9 Å². The second kappa shape index (κ2) is 9.59. The molecule has 0 heterocycles. The molecule has 132 valence electrons. The number of ether oxygens (including phenoxy) is 1. The molecule has 0 saturated carbocycles. The van der Waals surface area contributed by atoms with Crippen molar-refractivity contribution in [1.29, 1.82) is 5.26 Å². The van der Waals surface area contributed by atoms with Crippen LogP contribution in [0.2, 0.25) is 0 Å². The molecule has 4 nitrogen and oxygen atoms in total. The van der Waals surface area contributed by atoms with Gasteiger partial charge in [0.2, 0.25) is 0 Å². The third-order valence-corrected chi connectivity index (χ3v) is 4.13. The lowest BCUT2D eigenvalue weighted by atomic mass is 10.1. The van der Waals surface area contributed by atoms with Crippen LogP contribution in [-0.4, -0.2) is 12.5 Å². The van der Waals surface area contributed by atoms with Crippen molar-refractivity contribution in [2.45, 2.75) is 13.0 Å². The van der Waals surface area contributed by atoms with Crippen LogP contribution in [0.4, 0.5) is 0 Å². The summed E-state index contributed by atoms with van der Waals surface area (Å²) in [5, 5.41) is 12.3. The van der Waals surface area contributed by atoms with Gasteiger partial charge in [-0.05, 0) is 36.8 Å². The number of rotatable bonds is 7. The van der Waals surface area contributed by atoms with Crippen molar-refractivity contribution in [3.63, 3.8) is 0 Å². The lowest BCUT2D eigenvalue weighted by molar-refractivity contribution is -0.117. The Morgan fingerprint density at radius 3 is 2.73 bits per heavy atom. The number of hydrogen-bond donors (Lipinski definition) is 1. The van der Waals surface area contributed by atoms with Crippen molar-refractivity contribution < 1.29 is 9.53 Å². The molecule has 1 atom stereocenters. The highest BCUT2D eigenvalue weighted by Gasteiger charge is 2.15. The third kappa shape index (κ3) is 5.33. The van der Waals surface area contributed by atoms with Gasteiger partial charge in [0.15, 0.2) is 0 Å². The van der Waals surface area contributed by atoms with Crippen LogP contribution in [0, 0.1) is 11.3 Å². The first-order valence-electron chi connectivity index (χ1n) is 8.06. The fourth-order valence-electron chi connectivity index (χ4n) is 2.32. The number of carbonyl (C=O) groups is 1. The molecule has 0 aromatic heterocycles. The molecule has 2 rings (SSSR count). The Hall–Kier alpha value is -2.84. The molecule has 2 aromatic rings. The molecule has 0 bridgehead atoms. The fraction of sp³-hybridized carbons (Fsp3) is 0.143. The molecule has 0 aliphatic carbocycles. The van der Waals surface area contributed by atoms with Gasteiger partial charge < -0.3 is 10.1 Å². The second-order valence-electron chi connectivity index (χ2n) is 5.56. The molecule has 0 aliphatic rings. The number of nitriles is 1. The van der Waals surface area contributed by atoms with Crippen LogP contribution in [0.1, 0.15) is 24.1 Å². The molecule has 26 heavy (non-hydrogen) atoms. The normalized spacial score (nSPS) is 12.0. The van der Waals surface area contributed by atoms with E-state index in [4.69, 9.17) is 4.74 Å². The van der Waals surface area contributed by atoms with Crippen LogP contribution in [0.25, 0.3) is 6.08 Å². The number of hydrogen-bond acceptors (Lipinski definition) is 3. The molecule has 0 fully saturated rings. The van der Waals surface area contributed by atoms with E-state index < -0.39 is 5.91 Å². The van der Waals surface area contributed by atoms with Gasteiger partial charge in [-0.25, -0.2) is 0 Å². The zero-order chi connectivity index (χ0) is 18.9. The van der Waals surface area contributed by atoms with Gasteiger partial charge in [0.1, 0.15) is 24.0 Å². The molecule has 0 saturated heterocycles. The Morgan fingerprint density at radius 1 is 1.35 bits per heavy atom. The Bertz CT molecular complexity index is 854. The summed E-state index contributed by atoms with van der Waals surface area (Å²) < 4.78 is 6.42. The molecule has 0 radical (unpaired) electrons. The molecular formula is C21H19BrN2O2. The maximum Gasteiger partial charge on any atom is 0.262 e. The molecule has 0 spiro atoms. The first kappa shape index (κ1) is 19.5. The van der Waals surface area contributed by atoms with Gasteiger partial charge >= 0.3 is 0 Å². The fourth-order valence-corrected chi connectivity index (χ4v) is 2.69. The number of carbonyl (C=O) groups excluding carboxylic acids is 1. The maximum absolute atomic E-state index is 12.5. The Kier molecular flexibility index (Phi) is 7.19. The summed E-state index contributed by atoms with van der Waals surface area (Å²) in [5.74, 6) is 0.142. The van der Waals surface area contributed by atoms with E-state index >= 15 is 0 Å². The van der Waals surface area contributed by atoms with E-state index in [1.165, 1.54) is 6.08 Å². The van der Waals surface area contributed by atoms with E-state index in [1.54, 1.807) is 18.2 Å². The molecule has 0 unspecified atom stereocenters. The summed E-state index contributed by atoms with van der Waals surface area (Å²) in [6.07, 6.45) is 3.16. The predicted molar refractivity (Wildman–Crippen MR) is 106 cm³/mol. The Morgan fingerprint density at radius 2 is 2.08 bits per heavy atom. The SMILES string of the molecule is C=CCOc1ccc(Br)cc1/C=C(\C#N)C(=O)N[C@@H](C)c1ccccc1.